The largest absolute Gasteiger partial charge is 0.491 e. The van der Waals surface area contributed by atoms with Crippen LogP contribution in [-0.4, -0.2) is 27.4 Å². The zero-order valence-corrected chi connectivity index (χ0v) is 17.0. The molecule has 1 atom stereocenters. The SMILES string of the molecule is CCc1ccc(COc2ccn(-c3ccc(OCC(O)C4CC4)cc3)c(=O)c2)nc1. The van der Waals surface area contributed by atoms with E-state index in [1.807, 2.05) is 30.5 Å². The zero-order valence-electron chi connectivity index (χ0n) is 17.0. The highest BCUT2D eigenvalue weighted by Crippen LogP contribution is 2.32. The lowest BCUT2D eigenvalue weighted by atomic mass is 10.2. The number of hydrogen-bond donors (Lipinski definition) is 1. The average Bonchev–Trinajstić information content (AvgIpc) is 3.62. The van der Waals surface area contributed by atoms with Crippen molar-refractivity contribution in [3.63, 3.8) is 0 Å². The van der Waals surface area contributed by atoms with Gasteiger partial charge in [-0.25, -0.2) is 0 Å². The minimum absolute atomic E-state index is 0.181. The number of aryl methyl sites for hydroxylation is 1. The fourth-order valence-corrected chi connectivity index (χ4v) is 3.17. The molecule has 0 spiro atoms. The summed E-state index contributed by atoms with van der Waals surface area (Å²) in [6, 6.07) is 14.4. The Morgan fingerprint density at radius 3 is 2.53 bits per heavy atom. The summed E-state index contributed by atoms with van der Waals surface area (Å²) in [7, 11) is 0. The van der Waals surface area contributed by atoms with Crippen LogP contribution >= 0.6 is 0 Å². The van der Waals surface area contributed by atoms with E-state index in [1.165, 1.54) is 11.6 Å². The van der Waals surface area contributed by atoms with Crippen LogP contribution in [0, 0.1) is 5.92 Å². The summed E-state index contributed by atoms with van der Waals surface area (Å²) in [5.41, 5.74) is 2.55. The quantitative estimate of drug-likeness (QED) is 0.589. The molecule has 0 radical (unpaired) electrons. The summed E-state index contributed by atoms with van der Waals surface area (Å²) in [5, 5.41) is 9.90. The van der Waals surface area contributed by atoms with Crippen LogP contribution < -0.4 is 15.0 Å². The summed E-state index contributed by atoms with van der Waals surface area (Å²) in [5.74, 6) is 1.56. The zero-order chi connectivity index (χ0) is 20.9. The molecule has 0 amide bonds. The summed E-state index contributed by atoms with van der Waals surface area (Å²) < 4.78 is 12.9. The second kappa shape index (κ2) is 9.13. The van der Waals surface area contributed by atoms with Crippen molar-refractivity contribution < 1.29 is 14.6 Å². The normalized spacial score (nSPS) is 14.3. The molecule has 156 valence electrons. The first-order chi connectivity index (χ1) is 14.6. The number of aliphatic hydroxyl groups excluding tert-OH is 1. The van der Waals surface area contributed by atoms with E-state index in [9.17, 15) is 9.90 Å². The van der Waals surface area contributed by atoms with Crippen molar-refractivity contribution in [3.8, 4) is 17.2 Å². The molecule has 30 heavy (non-hydrogen) atoms. The molecule has 1 N–H and O–H groups in total. The Morgan fingerprint density at radius 2 is 1.90 bits per heavy atom. The van der Waals surface area contributed by atoms with E-state index in [2.05, 4.69) is 11.9 Å². The van der Waals surface area contributed by atoms with Gasteiger partial charge in [0.15, 0.2) is 0 Å². The molecule has 4 rings (SSSR count). The third-order valence-corrected chi connectivity index (χ3v) is 5.27. The summed E-state index contributed by atoms with van der Waals surface area (Å²) in [4.78, 5) is 16.9. The number of aliphatic hydroxyl groups is 1. The van der Waals surface area contributed by atoms with Gasteiger partial charge >= 0.3 is 0 Å². The van der Waals surface area contributed by atoms with E-state index in [-0.39, 0.29) is 5.56 Å². The van der Waals surface area contributed by atoms with Crippen LogP contribution in [0.4, 0.5) is 0 Å². The predicted octanol–water partition coefficient (Wildman–Crippen LogP) is 3.52. The van der Waals surface area contributed by atoms with Gasteiger partial charge in [0.1, 0.15) is 24.7 Å². The summed E-state index contributed by atoms with van der Waals surface area (Å²) >= 11 is 0. The van der Waals surface area contributed by atoms with Crippen molar-refractivity contribution in [1.82, 2.24) is 9.55 Å². The van der Waals surface area contributed by atoms with Gasteiger partial charge in [-0.15, -0.1) is 0 Å². The predicted molar refractivity (Wildman–Crippen MR) is 114 cm³/mol. The van der Waals surface area contributed by atoms with Crippen LogP contribution in [-0.2, 0) is 13.0 Å². The Balaban J connectivity index is 1.36. The van der Waals surface area contributed by atoms with Gasteiger partial charge in [-0.1, -0.05) is 13.0 Å². The van der Waals surface area contributed by atoms with Crippen molar-refractivity contribution in [2.75, 3.05) is 6.61 Å². The summed E-state index contributed by atoms with van der Waals surface area (Å²) in [6.45, 7) is 2.69. The highest BCUT2D eigenvalue weighted by Gasteiger charge is 2.29. The number of nitrogens with zero attached hydrogens (tertiary/aromatic N) is 2. The van der Waals surface area contributed by atoms with E-state index in [4.69, 9.17) is 9.47 Å². The van der Waals surface area contributed by atoms with Gasteiger partial charge < -0.3 is 14.6 Å². The maximum absolute atomic E-state index is 12.5. The van der Waals surface area contributed by atoms with Gasteiger partial charge in [-0.3, -0.25) is 14.3 Å². The smallest absolute Gasteiger partial charge is 0.258 e. The Bertz CT molecular complexity index is 1020. The van der Waals surface area contributed by atoms with Gasteiger partial charge in [0, 0.05) is 24.1 Å². The van der Waals surface area contributed by atoms with E-state index in [0.717, 1.165) is 30.6 Å². The van der Waals surface area contributed by atoms with Crippen LogP contribution in [0.3, 0.4) is 0 Å². The van der Waals surface area contributed by atoms with Gasteiger partial charge in [-0.2, -0.15) is 0 Å². The molecule has 3 aromatic rings. The van der Waals surface area contributed by atoms with Crippen molar-refractivity contribution in [2.45, 2.75) is 38.9 Å². The maximum atomic E-state index is 12.5. The van der Waals surface area contributed by atoms with Crippen LogP contribution in [0.15, 0.2) is 65.7 Å². The highest BCUT2D eigenvalue weighted by atomic mass is 16.5. The molecule has 1 unspecified atom stereocenters. The van der Waals surface area contributed by atoms with Crippen LogP contribution in [0.5, 0.6) is 11.5 Å². The molecule has 1 aromatic carbocycles. The molecule has 2 aromatic heterocycles. The van der Waals surface area contributed by atoms with E-state index in [0.29, 0.717) is 30.6 Å². The van der Waals surface area contributed by atoms with Crippen LogP contribution in [0.2, 0.25) is 0 Å². The molecule has 0 aliphatic heterocycles. The molecule has 2 heterocycles. The summed E-state index contributed by atoms with van der Waals surface area (Å²) in [6.07, 6.45) is 6.23. The molecule has 1 aliphatic rings. The van der Waals surface area contributed by atoms with Crippen molar-refractivity contribution in [3.05, 3.63) is 82.5 Å². The molecule has 6 nitrogen and oxygen atoms in total. The van der Waals surface area contributed by atoms with Crippen molar-refractivity contribution >= 4 is 0 Å². The molecule has 1 aliphatic carbocycles. The number of ether oxygens (including phenoxy) is 2. The van der Waals surface area contributed by atoms with Crippen molar-refractivity contribution in [2.24, 2.45) is 5.92 Å². The van der Waals surface area contributed by atoms with Crippen LogP contribution in [0.1, 0.15) is 31.0 Å². The highest BCUT2D eigenvalue weighted by molar-refractivity contribution is 5.38. The fourth-order valence-electron chi connectivity index (χ4n) is 3.17. The lowest BCUT2D eigenvalue weighted by Crippen LogP contribution is -2.19. The Kier molecular flexibility index (Phi) is 6.14. The standard InChI is InChI=1S/C24H26N2O4/c1-2-17-3-6-19(25-14-17)15-29-22-11-12-26(24(28)13-22)20-7-9-21(10-8-20)30-16-23(27)18-4-5-18/h3,6-14,18,23,27H,2,4-5,15-16H2,1H3. The number of pyridine rings is 2. The number of rotatable bonds is 9. The Hall–Kier alpha value is -3.12. The molecule has 0 bridgehead atoms. The number of hydrogen-bond acceptors (Lipinski definition) is 5. The van der Waals surface area contributed by atoms with Crippen LogP contribution in [0.25, 0.3) is 5.69 Å². The molecule has 6 heteroatoms. The lowest BCUT2D eigenvalue weighted by molar-refractivity contribution is 0.0894. The van der Waals surface area contributed by atoms with Crippen molar-refractivity contribution in [1.29, 1.82) is 0 Å². The second-order valence-corrected chi connectivity index (χ2v) is 7.58. The molecule has 0 saturated heterocycles. The van der Waals surface area contributed by atoms with Gasteiger partial charge in [0.2, 0.25) is 0 Å². The average molecular weight is 406 g/mol. The van der Waals surface area contributed by atoms with Gasteiger partial charge in [0.25, 0.3) is 5.56 Å². The Morgan fingerprint density at radius 1 is 1.10 bits per heavy atom. The van der Waals surface area contributed by atoms with E-state index >= 15 is 0 Å². The minimum atomic E-state index is -0.403. The first-order valence-electron chi connectivity index (χ1n) is 10.3. The van der Waals surface area contributed by atoms with E-state index < -0.39 is 6.10 Å². The third-order valence-electron chi connectivity index (χ3n) is 5.27. The monoisotopic (exact) mass is 406 g/mol. The molecule has 1 saturated carbocycles. The minimum Gasteiger partial charge on any atom is -0.491 e. The topological polar surface area (TPSA) is 73.6 Å². The molecular formula is C24H26N2O4. The third kappa shape index (κ3) is 5.07. The van der Waals surface area contributed by atoms with Gasteiger partial charge in [0.05, 0.1) is 11.8 Å². The van der Waals surface area contributed by atoms with Gasteiger partial charge in [-0.05, 0) is 67.1 Å². The first kappa shape index (κ1) is 20.2. The lowest BCUT2D eigenvalue weighted by Gasteiger charge is -2.12. The first-order valence-corrected chi connectivity index (χ1v) is 10.3. The molecule has 1 fully saturated rings. The second-order valence-electron chi connectivity index (χ2n) is 7.58. The fraction of sp³-hybridized carbons (Fsp3) is 0.333. The number of benzene rings is 1. The maximum Gasteiger partial charge on any atom is 0.258 e. The Labute approximate surface area is 175 Å². The van der Waals surface area contributed by atoms with E-state index in [1.54, 1.807) is 29.0 Å². The number of aromatic nitrogens is 2. The molecular weight excluding hydrogens is 380 g/mol.